The largest absolute Gasteiger partial charge is 0.449 e. The number of rotatable bonds is 4. The number of aryl methyl sites for hydroxylation is 1. The van der Waals surface area contributed by atoms with Crippen molar-refractivity contribution in [1.82, 2.24) is 19.9 Å². The minimum atomic E-state index is -0.310. The Kier molecular flexibility index (Phi) is 5.73. The van der Waals surface area contributed by atoms with Crippen LogP contribution in [0.15, 0.2) is 28.8 Å². The molecule has 0 N–H and O–H groups in total. The van der Waals surface area contributed by atoms with Crippen LogP contribution in [0.4, 0.5) is 4.79 Å². The molecule has 0 saturated carbocycles. The number of hydrogen-bond acceptors (Lipinski definition) is 6. The van der Waals surface area contributed by atoms with Gasteiger partial charge in [-0.15, -0.1) is 0 Å². The summed E-state index contributed by atoms with van der Waals surface area (Å²) in [5, 5.41) is 3.87. The Labute approximate surface area is 158 Å². The highest BCUT2D eigenvalue weighted by atomic mass is 16.6. The Bertz CT molecular complexity index is 792. The van der Waals surface area contributed by atoms with Crippen LogP contribution in [-0.2, 0) is 4.74 Å². The van der Waals surface area contributed by atoms with Crippen LogP contribution in [0.3, 0.4) is 0 Å². The van der Waals surface area contributed by atoms with Gasteiger partial charge in [0.1, 0.15) is 0 Å². The Balaban J connectivity index is 1.55. The molecule has 1 aliphatic rings. The zero-order valence-electron chi connectivity index (χ0n) is 15.8. The minimum Gasteiger partial charge on any atom is -0.449 e. The van der Waals surface area contributed by atoms with Crippen molar-refractivity contribution in [2.45, 2.75) is 20.8 Å². The van der Waals surface area contributed by atoms with Crippen molar-refractivity contribution >= 4 is 12.0 Å². The molecule has 8 heteroatoms. The lowest BCUT2D eigenvalue weighted by atomic mass is 10.1. The molecule has 27 heavy (non-hydrogen) atoms. The van der Waals surface area contributed by atoms with E-state index in [9.17, 15) is 9.59 Å². The number of aromatic nitrogens is 2. The molecule has 0 aliphatic carbocycles. The van der Waals surface area contributed by atoms with E-state index < -0.39 is 0 Å². The average Bonchev–Trinajstić information content (AvgIpc) is 3.12. The predicted octanol–water partition coefficient (Wildman–Crippen LogP) is 2.60. The first-order valence-electron chi connectivity index (χ1n) is 9.06. The fourth-order valence-electron chi connectivity index (χ4n) is 2.78. The second-order valence-electron chi connectivity index (χ2n) is 6.96. The van der Waals surface area contributed by atoms with Gasteiger partial charge in [-0.25, -0.2) is 4.79 Å². The molecule has 1 aliphatic heterocycles. The molecule has 0 bridgehead atoms. The van der Waals surface area contributed by atoms with Crippen molar-refractivity contribution in [3.8, 4) is 11.4 Å². The average molecular weight is 372 g/mol. The number of nitrogens with zero attached hydrogens (tertiary/aromatic N) is 4. The van der Waals surface area contributed by atoms with Crippen molar-refractivity contribution in [2.24, 2.45) is 5.92 Å². The van der Waals surface area contributed by atoms with E-state index in [1.165, 1.54) is 0 Å². The van der Waals surface area contributed by atoms with Crippen molar-refractivity contribution in [1.29, 1.82) is 0 Å². The Morgan fingerprint density at radius 3 is 2.30 bits per heavy atom. The molecule has 8 nitrogen and oxygen atoms in total. The van der Waals surface area contributed by atoms with Crippen molar-refractivity contribution < 1.29 is 18.8 Å². The smallest absolute Gasteiger partial charge is 0.409 e. The molecule has 2 aromatic rings. The molecule has 0 unspecified atom stereocenters. The van der Waals surface area contributed by atoms with Crippen molar-refractivity contribution in [3.63, 3.8) is 0 Å². The van der Waals surface area contributed by atoms with Gasteiger partial charge < -0.3 is 19.1 Å². The van der Waals surface area contributed by atoms with Crippen molar-refractivity contribution in [3.05, 3.63) is 35.7 Å². The predicted molar refractivity (Wildman–Crippen MR) is 98.1 cm³/mol. The fraction of sp³-hybridized carbons (Fsp3) is 0.474. The summed E-state index contributed by atoms with van der Waals surface area (Å²) >= 11 is 0. The second kappa shape index (κ2) is 8.20. The first-order chi connectivity index (χ1) is 12.9. The van der Waals surface area contributed by atoms with Crippen LogP contribution in [0.25, 0.3) is 11.4 Å². The number of benzene rings is 1. The molecule has 0 radical (unpaired) electrons. The Morgan fingerprint density at radius 1 is 1.11 bits per heavy atom. The highest BCUT2D eigenvalue weighted by Gasteiger charge is 2.25. The molecule has 144 valence electrons. The summed E-state index contributed by atoms with van der Waals surface area (Å²) < 4.78 is 10.2. The highest BCUT2D eigenvalue weighted by Crippen LogP contribution is 2.18. The van der Waals surface area contributed by atoms with Gasteiger partial charge in [-0.3, -0.25) is 4.79 Å². The molecule has 2 amide bonds. The van der Waals surface area contributed by atoms with Crippen LogP contribution in [0.5, 0.6) is 0 Å². The van der Waals surface area contributed by atoms with Crippen LogP contribution in [0.1, 0.15) is 30.1 Å². The molecule has 1 aromatic heterocycles. The summed E-state index contributed by atoms with van der Waals surface area (Å²) in [6, 6.07) is 7.12. The number of hydrogen-bond donors (Lipinski definition) is 0. The number of amides is 2. The maximum Gasteiger partial charge on any atom is 0.409 e. The fourth-order valence-corrected chi connectivity index (χ4v) is 2.78. The van der Waals surface area contributed by atoms with Gasteiger partial charge in [0, 0.05) is 44.2 Å². The SMILES string of the molecule is Cc1nc(-c2ccc(C(=O)N3CCN(C(=O)OCC(C)C)CC3)cc2)no1. The van der Waals surface area contributed by atoms with E-state index in [-0.39, 0.29) is 12.0 Å². The zero-order valence-corrected chi connectivity index (χ0v) is 15.8. The molecule has 2 heterocycles. The summed E-state index contributed by atoms with van der Waals surface area (Å²) in [6.45, 7) is 8.05. The zero-order chi connectivity index (χ0) is 19.4. The lowest BCUT2D eigenvalue weighted by Gasteiger charge is -2.34. The first kappa shape index (κ1) is 18.9. The molecule has 0 spiro atoms. The van der Waals surface area contributed by atoms with Gasteiger partial charge in [0.15, 0.2) is 0 Å². The number of carbonyl (C=O) groups excluding carboxylic acids is 2. The van der Waals surface area contributed by atoms with Crippen LogP contribution in [0, 0.1) is 12.8 Å². The van der Waals surface area contributed by atoms with E-state index in [0.717, 1.165) is 5.56 Å². The van der Waals surface area contributed by atoms with Gasteiger partial charge in [0.25, 0.3) is 5.91 Å². The van der Waals surface area contributed by atoms with Gasteiger partial charge in [0.05, 0.1) is 6.61 Å². The molecule has 1 saturated heterocycles. The Hall–Kier alpha value is -2.90. The maximum atomic E-state index is 12.7. The maximum absolute atomic E-state index is 12.7. The molecule has 1 aromatic carbocycles. The molecule has 0 atom stereocenters. The third kappa shape index (κ3) is 4.64. The summed E-state index contributed by atoms with van der Waals surface area (Å²) in [4.78, 5) is 32.3. The van der Waals surface area contributed by atoms with Gasteiger partial charge in [-0.05, 0) is 18.1 Å². The number of piperazine rings is 1. The number of ether oxygens (including phenoxy) is 1. The van der Waals surface area contributed by atoms with Gasteiger partial charge in [-0.2, -0.15) is 4.98 Å². The highest BCUT2D eigenvalue weighted by molar-refractivity contribution is 5.94. The second-order valence-corrected chi connectivity index (χ2v) is 6.96. The van der Waals surface area contributed by atoms with E-state index in [2.05, 4.69) is 10.1 Å². The minimum absolute atomic E-state index is 0.0546. The van der Waals surface area contributed by atoms with E-state index in [1.807, 2.05) is 13.8 Å². The third-order valence-electron chi connectivity index (χ3n) is 4.28. The lowest BCUT2D eigenvalue weighted by Crippen LogP contribution is -2.50. The lowest BCUT2D eigenvalue weighted by molar-refractivity contribution is 0.0535. The summed E-state index contributed by atoms with van der Waals surface area (Å²) in [5.74, 6) is 1.24. The van der Waals surface area contributed by atoms with Crippen LogP contribution in [0.2, 0.25) is 0 Å². The number of carbonyl (C=O) groups is 2. The topological polar surface area (TPSA) is 88.8 Å². The van der Waals surface area contributed by atoms with Crippen LogP contribution in [-0.4, -0.2) is 64.7 Å². The van der Waals surface area contributed by atoms with Crippen molar-refractivity contribution in [2.75, 3.05) is 32.8 Å². The Morgan fingerprint density at radius 2 is 1.74 bits per heavy atom. The third-order valence-corrected chi connectivity index (χ3v) is 4.28. The van der Waals surface area contributed by atoms with E-state index in [4.69, 9.17) is 9.26 Å². The van der Waals surface area contributed by atoms with Gasteiger partial charge >= 0.3 is 6.09 Å². The summed E-state index contributed by atoms with van der Waals surface area (Å²) in [7, 11) is 0. The standard InChI is InChI=1S/C19H24N4O4/c1-13(2)12-26-19(25)23-10-8-22(9-11-23)18(24)16-6-4-15(5-7-16)17-20-14(3)27-21-17/h4-7,13H,8-12H2,1-3H3. The van der Waals surface area contributed by atoms with Gasteiger partial charge in [0.2, 0.25) is 11.7 Å². The van der Waals surface area contributed by atoms with Crippen LogP contribution < -0.4 is 0 Å². The van der Waals surface area contributed by atoms with Gasteiger partial charge in [-0.1, -0.05) is 31.1 Å². The van der Waals surface area contributed by atoms with Crippen LogP contribution >= 0.6 is 0 Å². The van der Waals surface area contributed by atoms with E-state index in [0.29, 0.717) is 56.0 Å². The molecule has 1 fully saturated rings. The molecule has 3 rings (SSSR count). The van der Waals surface area contributed by atoms with E-state index in [1.54, 1.807) is 41.0 Å². The monoisotopic (exact) mass is 372 g/mol. The first-order valence-corrected chi connectivity index (χ1v) is 9.06. The summed E-state index contributed by atoms with van der Waals surface area (Å²) in [6.07, 6.45) is -0.310. The molecular weight excluding hydrogens is 348 g/mol. The normalized spacial score (nSPS) is 14.5. The summed E-state index contributed by atoms with van der Waals surface area (Å²) in [5.41, 5.74) is 1.39. The quantitative estimate of drug-likeness (QED) is 0.820. The van der Waals surface area contributed by atoms with E-state index >= 15 is 0 Å². The molecular formula is C19H24N4O4.